The number of hydrogen-bond donors (Lipinski definition) is 1. The van der Waals surface area contributed by atoms with Crippen molar-refractivity contribution < 1.29 is 9.72 Å². The molecule has 0 fully saturated rings. The lowest BCUT2D eigenvalue weighted by Gasteiger charge is -2.06. The lowest BCUT2D eigenvalue weighted by atomic mass is 10.2. The van der Waals surface area contributed by atoms with Crippen LogP contribution >= 0.6 is 11.8 Å². The molecule has 0 bridgehead atoms. The Morgan fingerprint density at radius 1 is 1.04 bits per heavy atom. The summed E-state index contributed by atoms with van der Waals surface area (Å²) in [6, 6.07) is 15.6. The number of amides is 1. The van der Waals surface area contributed by atoms with E-state index in [0.717, 1.165) is 10.5 Å². The van der Waals surface area contributed by atoms with Crippen molar-refractivity contribution in [1.29, 1.82) is 0 Å². The highest BCUT2D eigenvalue weighted by Gasteiger charge is 2.08. The Morgan fingerprint density at radius 2 is 1.69 bits per heavy atom. The Morgan fingerprint density at radius 3 is 2.31 bits per heavy atom. The Balaban J connectivity index is 1.54. The van der Waals surface area contributed by atoms with Crippen molar-refractivity contribution in [2.24, 2.45) is 0 Å². The molecule has 0 spiro atoms. The minimum Gasteiger partial charge on any atom is -0.323 e. The number of aromatic nitrogens is 2. The molecule has 0 radical (unpaired) electrons. The van der Waals surface area contributed by atoms with Gasteiger partial charge in [-0.25, -0.2) is 9.97 Å². The van der Waals surface area contributed by atoms with Crippen LogP contribution in [0.4, 0.5) is 11.4 Å². The van der Waals surface area contributed by atoms with Gasteiger partial charge in [-0.1, -0.05) is 30.3 Å². The van der Waals surface area contributed by atoms with E-state index in [9.17, 15) is 14.9 Å². The van der Waals surface area contributed by atoms with Crippen molar-refractivity contribution >= 4 is 29.0 Å². The first-order valence-corrected chi connectivity index (χ1v) is 8.65. The van der Waals surface area contributed by atoms with Crippen molar-refractivity contribution in [3.8, 4) is 11.4 Å². The van der Waals surface area contributed by atoms with E-state index in [4.69, 9.17) is 0 Å². The summed E-state index contributed by atoms with van der Waals surface area (Å²) in [5, 5.41) is 13.3. The van der Waals surface area contributed by atoms with Gasteiger partial charge in [0.15, 0.2) is 5.82 Å². The van der Waals surface area contributed by atoms with Crippen LogP contribution in [0.2, 0.25) is 0 Å². The fourth-order valence-electron chi connectivity index (χ4n) is 2.14. The molecule has 8 heteroatoms. The maximum Gasteiger partial charge on any atom is 0.269 e. The smallest absolute Gasteiger partial charge is 0.269 e. The van der Waals surface area contributed by atoms with Gasteiger partial charge in [-0.2, -0.15) is 0 Å². The zero-order valence-corrected chi connectivity index (χ0v) is 14.3. The first-order valence-electron chi connectivity index (χ1n) is 7.66. The highest BCUT2D eigenvalue weighted by atomic mass is 32.2. The molecule has 0 unspecified atom stereocenters. The fraction of sp³-hybridized carbons (Fsp3) is 0.0556. The number of nitro benzene ring substituents is 1. The molecule has 3 aromatic rings. The molecule has 1 heterocycles. The number of benzene rings is 2. The quantitative estimate of drug-likeness (QED) is 0.405. The number of carbonyl (C=O) groups is 1. The highest BCUT2D eigenvalue weighted by Crippen LogP contribution is 2.21. The van der Waals surface area contributed by atoms with Gasteiger partial charge in [0, 0.05) is 22.6 Å². The van der Waals surface area contributed by atoms with Crippen molar-refractivity contribution in [1.82, 2.24) is 9.97 Å². The van der Waals surface area contributed by atoms with Crippen LogP contribution in [-0.2, 0) is 4.79 Å². The van der Waals surface area contributed by atoms with Crippen LogP contribution in [-0.4, -0.2) is 26.6 Å². The van der Waals surface area contributed by atoms with Gasteiger partial charge >= 0.3 is 0 Å². The summed E-state index contributed by atoms with van der Waals surface area (Å²) in [6.07, 6.45) is 3.12. The molecule has 0 aliphatic heterocycles. The van der Waals surface area contributed by atoms with Crippen molar-refractivity contribution in [3.05, 3.63) is 77.1 Å². The van der Waals surface area contributed by atoms with Crippen LogP contribution in [0, 0.1) is 10.1 Å². The molecule has 2 aromatic carbocycles. The molecule has 0 saturated heterocycles. The van der Waals surface area contributed by atoms with Crippen molar-refractivity contribution in [2.45, 2.75) is 4.90 Å². The van der Waals surface area contributed by atoms with E-state index in [1.807, 2.05) is 30.3 Å². The number of rotatable bonds is 6. The molecular formula is C18H14N4O3S. The van der Waals surface area contributed by atoms with E-state index in [0.29, 0.717) is 11.5 Å². The van der Waals surface area contributed by atoms with Gasteiger partial charge in [0.2, 0.25) is 5.91 Å². The van der Waals surface area contributed by atoms with E-state index in [-0.39, 0.29) is 17.3 Å². The minimum absolute atomic E-state index is 0.0226. The van der Waals surface area contributed by atoms with E-state index < -0.39 is 4.92 Å². The lowest BCUT2D eigenvalue weighted by molar-refractivity contribution is -0.384. The summed E-state index contributed by atoms with van der Waals surface area (Å²) in [6.45, 7) is 0. The Kier molecular flexibility index (Phi) is 5.55. The van der Waals surface area contributed by atoms with Crippen LogP contribution in [0.1, 0.15) is 0 Å². The third-order valence-corrected chi connectivity index (χ3v) is 4.40. The second-order valence-corrected chi connectivity index (χ2v) is 6.30. The minimum atomic E-state index is -0.458. The van der Waals surface area contributed by atoms with E-state index in [1.165, 1.54) is 23.9 Å². The molecular weight excluding hydrogens is 352 g/mol. The molecule has 0 atom stereocenters. The number of nitro groups is 1. The average Bonchev–Trinajstić information content (AvgIpc) is 2.68. The molecule has 0 aliphatic rings. The Labute approximate surface area is 153 Å². The second kappa shape index (κ2) is 8.21. The number of carbonyl (C=O) groups excluding carboxylic acids is 1. The van der Waals surface area contributed by atoms with E-state index in [2.05, 4.69) is 15.3 Å². The highest BCUT2D eigenvalue weighted by molar-refractivity contribution is 8.00. The van der Waals surface area contributed by atoms with Gasteiger partial charge in [0.25, 0.3) is 5.69 Å². The Hall–Kier alpha value is -3.26. The molecule has 1 amide bonds. The predicted octanol–water partition coefficient (Wildman–Crippen LogP) is 3.78. The maximum absolute atomic E-state index is 12.0. The average molecular weight is 366 g/mol. The SMILES string of the molecule is O=C(CSc1ccc([N+](=O)[O-])cc1)Nc1cnc(-c2ccccc2)nc1. The van der Waals surface area contributed by atoms with Crippen molar-refractivity contribution in [2.75, 3.05) is 11.1 Å². The van der Waals surface area contributed by atoms with Crippen molar-refractivity contribution in [3.63, 3.8) is 0 Å². The second-order valence-electron chi connectivity index (χ2n) is 5.25. The van der Waals surface area contributed by atoms with Gasteiger partial charge < -0.3 is 5.32 Å². The fourth-order valence-corrected chi connectivity index (χ4v) is 2.84. The van der Waals surface area contributed by atoms with Crippen LogP contribution in [0.25, 0.3) is 11.4 Å². The van der Waals surface area contributed by atoms with E-state index >= 15 is 0 Å². The predicted molar refractivity (Wildman–Crippen MR) is 99.9 cm³/mol. The molecule has 0 saturated carbocycles. The standard InChI is InChI=1S/C18H14N4O3S/c23-17(12-26-16-8-6-15(7-9-16)22(24)25)21-14-10-19-18(20-11-14)13-4-2-1-3-5-13/h1-11H,12H2,(H,21,23). The number of nitrogens with zero attached hydrogens (tertiary/aromatic N) is 3. The van der Waals surface area contributed by atoms with Crippen LogP contribution < -0.4 is 5.32 Å². The number of hydrogen-bond acceptors (Lipinski definition) is 6. The van der Waals surface area contributed by atoms with Crippen LogP contribution in [0.3, 0.4) is 0 Å². The van der Waals surface area contributed by atoms with E-state index in [1.54, 1.807) is 24.5 Å². The lowest BCUT2D eigenvalue weighted by Crippen LogP contribution is -2.14. The Bertz CT molecular complexity index is 900. The topological polar surface area (TPSA) is 98.0 Å². The molecule has 1 N–H and O–H groups in total. The zero-order chi connectivity index (χ0) is 18.4. The molecule has 3 rings (SSSR count). The number of non-ortho nitro benzene ring substituents is 1. The van der Waals surface area contributed by atoms with Gasteiger partial charge in [0.05, 0.1) is 28.8 Å². The third-order valence-electron chi connectivity index (χ3n) is 3.39. The number of anilines is 1. The monoisotopic (exact) mass is 366 g/mol. The van der Waals surface area contributed by atoms with Gasteiger partial charge in [-0.3, -0.25) is 14.9 Å². The maximum atomic E-state index is 12.0. The molecule has 1 aromatic heterocycles. The summed E-state index contributed by atoms with van der Waals surface area (Å²) in [4.78, 5) is 31.5. The van der Waals surface area contributed by atoms with Gasteiger partial charge in [0.1, 0.15) is 0 Å². The summed E-state index contributed by atoms with van der Waals surface area (Å²) in [5.74, 6) is 0.561. The molecule has 0 aliphatic carbocycles. The third kappa shape index (κ3) is 4.64. The zero-order valence-electron chi connectivity index (χ0n) is 13.5. The summed E-state index contributed by atoms with van der Waals surface area (Å²) in [5.41, 5.74) is 1.44. The first kappa shape index (κ1) is 17.6. The first-order chi connectivity index (χ1) is 12.6. The number of thioether (sulfide) groups is 1. The molecule has 130 valence electrons. The summed E-state index contributed by atoms with van der Waals surface area (Å²) < 4.78 is 0. The normalized spacial score (nSPS) is 10.3. The number of nitrogens with one attached hydrogen (secondary N) is 1. The summed E-state index contributed by atoms with van der Waals surface area (Å²) >= 11 is 1.29. The molecule has 26 heavy (non-hydrogen) atoms. The van der Waals surface area contributed by atoms with Gasteiger partial charge in [-0.15, -0.1) is 11.8 Å². The summed E-state index contributed by atoms with van der Waals surface area (Å²) in [7, 11) is 0. The van der Waals surface area contributed by atoms with Gasteiger partial charge in [-0.05, 0) is 12.1 Å². The van der Waals surface area contributed by atoms with Crippen LogP contribution in [0.5, 0.6) is 0 Å². The largest absolute Gasteiger partial charge is 0.323 e. The molecule has 7 nitrogen and oxygen atoms in total. The van der Waals surface area contributed by atoms with Crippen LogP contribution in [0.15, 0.2) is 71.9 Å².